The van der Waals surface area contributed by atoms with Gasteiger partial charge in [-0.2, -0.15) is 13.2 Å². The third-order valence-electron chi connectivity index (χ3n) is 2.50. The normalized spacial score (nSPS) is 11.6. The quantitative estimate of drug-likeness (QED) is 0.619. The smallest absolute Gasteiger partial charge is 0.356 e. The van der Waals surface area contributed by atoms with E-state index in [1.807, 2.05) is 0 Å². The molecule has 0 aliphatic rings. The molecule has 0 atom stereocenters. The number of rotatable bonds is 2. The second kappa shape index (κ2) is 4.38. The third-order valence-corrected chi connectivity index (χ3v) is 2.50. The highest BCUT2D eigenvalue weighted by atomic mass is 19.4. The summed E-state index contributed by atoms with van der Waals surface area (Å²) in [5, 5.41) is 13.5. The zero-order valence-corrected chi connectivity index (χ0v) is 9.56. The van der Waals surface area contributed by atoms with Crippen LogP contribution in [0.3, 0.4) is 0 Å². The van der Waals surface area contributed by atoms with E-state index in [-0.39, 0.29) is 17.0 Å². The molecule has 0 aliphatic carbocycles. The molecule has 8 heteroatoms. The SMILES string of the molecule is Cc1ccc([N+](=O)[O-])cc1-c1cc(C(F)(F)F)no1. The fraction of sp³-hybridized carbons (Fsp3) is 0.182. The number of aryl methyl sites for hydroxylation is 1. The molecule has 2 rings (SSSR count). The van der Waals surface area contributed by atoms with Crippen LogP contribution in [0.1, 0.15) is 11.3 Å². The highest BCUT2D eigenvalue weighted by Crippen LogP contribution is 2.33. The van der Waals surface area contributed by atoms with Crippen LogP contribution in [0.25, 0.3) is 11.3 Å². The van der Waals surface area contributed by atoms with Crippen molar-refractivity contribution in [3.63, 3.8) is 0 Å². The molecule has 0 bridgehead atoms. The van der Waals surface area contributed by atoms with Crippen LogP contribution in [0, 0.1) is 17.0 Å². The number of alkyl halides is 3. The van der Waals surface area contributed by atoms with Crippen molar-refractivity contribution in [2.75, 3.05) is 0 Å². The van der Waals surface area contributed by atoms with Gasteiger partial charge in [-0.1, -0.05) is 11.2 Å². The van der Waals surface area contributed by atoms with Gasteiger partial charge in [0.05, 0.1) is 4.92 Å². The molecular weight excluding hydrogens is 265 g/mol. The van der Waals surface area contributed by atoms with E-state index >= 15 is 0 Å². The number of benzene rings is 1. The summed E-state index contributed by atoms with van der Waals surface area (Å²) in [4.78, 5) is 10.0. The molecule has 1 heterocycles. The van der Waals surface area contributed by atoms with Crippen molar-refractivity contribution in [2.24, 2.45) is 0 Å². The minimum absolute atomic E-state index is 0.159. The first-order chi connectivity index (χ1) is 8.79. The van der Waals surface area contributed by atoms with Crippen molar-refractivity contribution in [2.45, 2.75) is 13.1 Å². The minimum Gasteiger partial charge on any atom is -0.356 e. The number of nitro benzene ring substituents is 1. The number of non-ortho nitro benzene ring substituents is 1. The van der Waals surface area contributed by atoms with Gasteiger partial charge in [0.25, 0.3) is 5.69 Å². The Kier molecular flexibility index (Phi) is 3.01. The van der Waals surface area contributed by atoms with Gasteiger partial charge in [-0.25, -0.2) is 0 Å². The lowest BCUT2D eigenvalue weighted by molar-refractivity contribution is -0.384. The predicted molar refractivity (Wildman–Crippen MR) is 58.3 cm³/mol. The Morgan fingerprint density at radius 3 is 2.53 bits per heavy atom. The summed E-state index contributed by atoms with van der Waals surface area (Å²) >= 11 is 0. The molecule has 5 nitrogen and oxygen atoms in total. The second-order valence-electron chi connectivity index (χ2n) is 3.83. The van der Waals surface area contributed by atoms with E-state index < -0.39 is 16.8 Å². The molecule has 100 valence electrons. The van der Waals surface area contributed by atoms with E-state index in [0.717, 1.165) is 6.07 Å². The van der Waals surface area contributed by atoms with Crippen LogP contribution >= 0.6 is 0 Å². The molecule has 1 aromatic carbocycles. The van der Waals surface area contributed by atoms with Crippen molar-refractivity contribution in [3.05, 3.63) is 45.6 Å². The fourth-order valence-corrected chi connectivity index (χ4v) is 1.52. The van der Waals surface area contributed by atoms with Crippen LogP contribution in [0.15, 0.2) is 28.8 Å². The Hall–Kier alpha value is -2.38. The summed E-state index contributed by atoms with van der Waals surface area (Å²) in [5.41, 5.74) is -0.647. The Morgan fingerprint density at radius 2 is 2.00 bits per heavy atom. The van der Waals surface area contributed by atoms with Gasteiger partial charge in [-0.15, -0.1) is 0 Å². The summed E-state index contributed by atoms with van der Waals surface area (Å²) in [7, 11) is 0. The first-order valence-corrected chi connectivity index (χ1v) is 5.08. The molecular formula is C11H7F3N2O3. The molecule has 0 amide bonds. The Labute approximate surface area is 104 Å². The van der Waals surface area contributed by atoms with Gasteiger partial charge >= 0.3 is 6.18 Å². The van der Waals surface area contributed by atoms with Gasteiger partial charge in [0.15, 0.2) is 11.5 Å². The zero-order chi connectivity index (χ0) is 14.2. The molecule has 0 saturated heterocycles. The van der Waals surface area contributed by atoms with Crippen molar-refractivity contribution in [3.8, 4) is 11.3 Å². The topological polar surface area (TPSA) is 69.2 Å². The maximum atomic E-state index is 12.4. The molecule has 0 aliphatic heterocycles. The van der Waals surface area contributed by atoms with Gasteiger partial charge in [0.2, 0.25) is 0 Å². The third kappa shape index (κ3) is 2.56. The van der Waals surface area contributed by atoms with E-state index in [4.69, 9.17) is 0 Å². The molecule has 0 fully saturated rings. The average molecular weight is 272 g/mol. The number of nitro groups is 1. The van der Waals surface area contributed by atoms with Gasteiger partial charge in [-0.3, -0.25) is 10.1 Å². The van der Waals surface area contributed by atoms with E-state index in [1.165, 1.54) is 12.1 Å². The number of nitrogens with zero attached hydrogens (tertiary/aromatic N) is 2. The number of aromatic nitrogens is 1. The largest absolute Gasteiger partial charge is 0.436 e. The van der Waals surface area contributed by atoms with Crippen LogP contribution in [-0.2, 0) is 6.18 Å². The number of hydrogen-bond donors (Lipinski definition) is 0. The van der Waals surface area contributed by atoms with E-state index in [9.17, 15) is 23.3 Å². The molecule has 0 spiro atoms. The Morgan fingerprint density at radius 1 is 1.32 bits per heavy atom. The number of halogens is 3. The first-order valence-electron chi connectivity index (χ1n) is 5.08. The van der Waals surface area contributed by atoms with Crippen molar-refractivity contribution in [1.29, 1.82) is 0 Å². The predicted octanol–water partition coefficient (Wildman–Crippen LogP) is 3.58. The zero-order valence-electron chi connectivity index (χ0n) is 9.56. The highest BCUT2D eigenvalue weighted by Gasteiger charge is 2.35. The number of hydrogen-bond acceptors (Lipinski definition) is 4. The van der Waals surface area contributed by atoms with E-state index in [1.54, 1.807) is 6.92 Å². The summed E-state index contributed by atoms with van der Waals surface area (Å²) in [5.74, 6) is -0.159. The summed E-state index contributed by atoms with van der Waals surface area (Å²) < 4.78 is 41.8. The fourth-order valence-electron chi connectivity index (χ4n) is 1.52. The van der Waals surface area contributed by atoms with Crippen molar-refractivity contribution in [1.82, 2.24) is 5.16 Å². The molecule has 1 aromatic heterocycles. The average Bonchev–Trinajstić information content (AvgIpc) is 2.78. The monoisotopic (exact) mass is 272 g/mol. The van der Waals surface area contributed by atoms with Crippen LogP contribution < -0.4 is 0 Å². The van der Waals surface area contributed by atoms with Crippen molar-refractivity contribution >= 4 is 5.69 Å². The lowest BCUT2D eigenvalue weighted by Gasteiger charge is -2.01. The standard InChI is InChI=1S/C11H7F3N2O3/c1-6-2-3-7(16(17)18)4-8(6)9-5-10(15-19-9)11(12,13)14/h2-5H,1H3. The lowest BCUT2D eigenvalue weighted by Crippen LogP contribution is -2.04. The maximum Gasteiger partial charge on any atom is 0.436 e. The van der Waals surface area contributed by atoms with Gasteiger partial charge in [-0.05, 0) is 12.5 Å². The summed E-state index contributed by atoms with van der Waals surface area (Å²) in [6.45, 7) is 1.61. The molecule has 0 N–H and O–H groups in total. The van der Waals surface area contributed by atoms with Gasteiger partial charge < -0.3 is 4.52 Å². The minimum atomic E-state index is -4.61. The van der Waals surface area contributed by atoms with Crippen LogP contribution in [0.5, 0.6) is 0 Å². The van der Waals surface area contributed by atoms with E-state index in [2.05, 4.69) is 9.68 Å². The van der Waals surface area contributed by atoms with Crippen molar-refractivity contribution < 1.29 is 22.6 Å². The maximum absolute atomic E-state index is 12.4. The first kappa shape index (κ1) is 13.1. The lowest BCUT2D eigenvalue weighted by atomic mass is 10.1. The summed E-state index contributed by atoms with van der Waals surface area (Å²) in [6.07, 6.45) is -4.61. The summed E-state index contributed by atoms with van der Waals surface area (Å²) in [6, 6.07) is 4.56. The van der Waals surface area contributed by atoms with Crippen LogP contribution in [0.2, 0.25) is 0 Å². The Balaban J connectivity index is 2.49. The molecule has 0 saturated carbocycles. The molecule has 0 unspecified atom stereocenters. The highest BCUT2D eigenvalue weighted by molar-refractivity contribution is 5.65. The molecule has 19 heavy (non-hydrogen) atoms. The van der Waals surface area contributed by atoms with Crippen LogP contribution in [-0.4, -0.2) is 10.1 Å². The Bertz CT molecular complexity index is 634. The van der Waals surface area contributed by atoms with Gasteiger partial charge in [0, 0.05) is 23.8 Å². The van der Waals surface area contributed by atoms with E-state index in [0.29, 0.717) is 11.6 Å². The van der Waals surface area contributed by atoms with Gasteiger partial charge in [0.1, 0.15) is 0 Å². The van der Waals surface area contributed by atoms with Crippen LogP contribution in [0.4, 0.5) is 18.9 Å². The molecule has 0 radical (unpaired) electrons. The second-order valence-corrected chi connectivity index (χ2v) is 3.83. The molecule has 2 aromatic rings.